The number of hydrogen-bond donors (Lipinski definition) is 1. The highest BCUT2D eigenvalue weighted by atomic mass is 35.5. The third-order valence-electron chi connectivity index (χ3n) is 4.75. The number of anilines is 1. The van der Waals surface area contributed by atoms with Crippen molar-refractivity contribution in [2.75, 3.05) is 18.0 Å². The van der Waals surface area contributed by atoms with Gasteiger partial charge in [0.15, 0.2) is 0 Å². The maximum atomic E-state index is 13.0. The van der Waals surface area contributed by atoms with E-state index in [1.54, 1.807) is 0 Å². The molecule has 1 aromatic rings. The number of fused-ring (bicyclic) bond motifs is 1. The van der Waals surface area contributed by atoms with Gasteiger partial charge in [-0.05, 0) is 38.4 Å². The molecule has 1 saturated heterocycles. The van der Waals surface area contributed by atoms with Crippen molar-refractivity contribution in [3.63, 3.8) is 0 Å². The van der Waals surface area contributed by atoms with Crippen LogP contribution in [0, 0.1) is 5.92 Å². The van der Waals surface area contributed by atoms with Crippen LogP contribution in [0.4, 0.5) is 5.69 Å². The second kappa shape index (κ2) is 5.29. The molecule has 0 aliphatic carbocycles. The van der Waals surface area contributed by atoms with Gasteiger partial charge in [0.2, 0.25) is 5.91 Å². The average Bonchev–Trinajstić information content (AvgIpc) is 2.71. The summed E-state index contributed by atoms with van der Waals surface area (Å²) < 4.78 is 0. The van der Waals surface area contributed by atoms with Crippen molar-refractivity contribution in [2.45, 2.75) is 45.1 Å². The molecule has 2 heterocycles. The standard InChI is InChI=1S/C17H23ClN2O/c1-11-9-12(7-8-19-11)16(21)20-10-17(2,3)15-13(18)5-4-6-14(15)20/h4-6,11-12,19H,7-10H2,1-3H3/t11-,12-/m0/s1. The number of carbonyl (C=O) groups excluding carboxylic acids is 1. The van der Waals surface area contributed by atoms with Crippen LogP contribution < -0.4 is 10.2 Å². The summed E-state index contributed by atoms with van der Waals surface area (Å²) in [6.45, 7) is 8.13. The third-order valence-corrected chi connectivity index (χ3v) is 5.07. The minimum absolute atomic E-state index is 0.0815. The van der Waals surface area contributed by atoms with Crippen LogP contribution in [0.15, 0.2) is 18.2 Å². The van der Waals surface area contributed by atoms with E-state index in [-0.39, 0.29) is 17.2 Å². The number of nitrogens with one attached hydrogen (secondary N) is 1. The molecule has 0 radical (unpaired) electrons. The van der Waals surface area contributed by atoms with E-state index >= 15 is 0 Å². The van der Waals surface area contributed by atoms with Crippen LogP contribution in [0.3, 0.4) is 0 Å². The lowest BCUT2D eigenvalue weighted by molar-refractivity contribution is -0.123. The fourth-order valence-electron chi connectivity index (χ4n) is 3.74. The predicted molar refractivity (Wildman–Crippen MR) is 87.0 cm³/mol. The van der Waals surface area contributed by atoms with Crippen LogP contribution in [0.5, 0.6) is 0 Å². The van der Waals surface area contributed by atoms with Gasteiger partial charge in [0.05, 0.1) is 0 Å². The lowest BCUT2D eigenvalue weighted by Gasteiger charge is -2.31. The summed E-state index contributed by atoms with van der Waals surface area (Å²) in [4.78, 5) is 14.9. The van der Waals surface area contributed by atoms with Crippen LogP contribution in [-0.4, -0.2) is 25.0 Å². The average molecular weight is 307 g/mol. The van der Waals surface area contributed by atoms with E-state index in [4.69, 9.17) is 11.6 Å². The summed E-state index contributed by atoms with van der Waals surface area (Å²) in [7, 11) is 0. The van der Waals surface area contributed by atoms with Gasteiger partial charge in [-0.2, -0.15) is 0 Å². The summed E-state index contributed by atoms with van der Waals surface area (Å²) >= 11 is 6.39. The van der Waals surface area contributed by atoms with E-state index in [0.717, 1.165) is 42.2 Å². The molecule has 0 unspecified atom stereocenters. The number of hydrogen-bond acceptors (Lipinski definition) is 2. The number of halogens is 1. The van der Waals surface area contributed by atoms with Crippen molar-refractivity contribution in [3.05, 3.63) is 28.8 Å². The summed E-state index contributed by atoms with van der Waals surface area (Å²) in [5.41, 5.74) is 2.03. The number of amides is 1. The van der Waals surface area contributed by atoms with Gasteiger partial charge in [-0.25, -0.2) is 0 Å². The smallest absolute Gasteiger partial charge is 0.230 e. The second-order valence-electron chi connectivity index (χ2n) is 7.02. The topological polar surface area (TPSA) is 32.3 Å². The number of rotatable bonds is 1. The number of carbonyl (C=O) groups is 1. The first-order chi connectivity index (χ1) is 9.90. The van der Waals surface area contributed by atoms with Gasteiger partial charge in [0.25, 0.3) is 0 Å². The maximum Gasteiger partial charge on any atom is 0.230 e. The molecule has 0 aromatic heterocycles. The van der Waals surface area contributed by atoms with Crippen LogP contribution in [0.2, 0.25) is 5.02 Å². The van der Waals surface area contributed by atoms with E-state index in [9.17, 15) is 4.79 Å². The van der Waals surface area contributed by atoms with E-state index in [2.05, 4.69) is 26.1 Å². The summed E-state index contributed by atoms with van der Waals surface area (Å²) in [6.07, 6.45) is 1.85. The Kier molecular flexibility index (Phi) is 3.74. The Morgan fingerprint density at radius 3 is 2.90 bits per heavy atom. The van der Waals surface area contributed by atoms with Crippen molar-refractivity contribution >= 4 is 23.2 Å². The largest absolute Gasteiger partial charge is 0.314 e. The molecule has 0 bridgehead atoms. The van der Waals surface area contributed by atoms with E-state index in [1.807, 2.05) is 23.1 Å². The highest BCUT2D eigenvalue weighted by Gasteiger charge is 2.41. The summed E-state index contributed by atoms with van der Waals surface area (Å²) in [5, 5.41) is 4.18. The molecular formula is C17H23ClN2O. The monoisotopic (exact) mass is 306 g/mol. The Bertz CT molecular complexity index is 570. The van der Waals surface area contributed by atoms with Gasteiger partial charge in [-0.1, -0.05) is 31.5 Å². The zero-order valence-electron chi connectivity index (χ0n) is 12.9. The Morgan fingerprint density at radius 2 is 2.19 bits per heavy atom. The minimum atomic E-state index is -0.0815. The van der Waals surface area contributed by atoms with E-state index in [0.29, 0.717) is 6.04 Å². The fraction of sp³-hybridized carbons (Fsp3) is 0.588. The molecular weight excluding hydrogens is 284 g/mol. The Morgan fingerprint density at radius 1 is 1.43 bits per heavy atom. The normalized spacial score (nSPS) is 27.5. The fourth-order valence-corrected chi connectivity index (χ4v) is 4.17. The van der Waals surface area contributed by atoms with Crippen LogP contribution >= 0.6 is 11.6 Å². The molecule has 1 aromatic carbocycles. The molecule has 2 aliphatic heterocycles. The molecule has 3 rings (SSSR count). The van der Waals surface area contributed by atoms with Crippen molar-refractivity contribution in [1.82, 2.24) is 5.32 Å². The van der Waals surface area contributed by atoms with Crippen LogP contribution in [0.25, 0.3) is 0 Å². The van der Waals surface area contributed by atoms with Crippen molar-refractivity contribution in [1.29, 1.82) is 0 Å². The SMILES string of the molecule is C[C@H]1C[C@@H](C(=O)N2CC(C)(C)c3c(Cl)cccc32)CCN1. The molecule has 114 valence electrons. The molecule has 0 saturated carbocycles. The van der Waals surface area contributed by atoms with Crippen LogP contribution in [0.1, 0.15) is 39.2 Å². The van der Waals surface area contributed by atoms with Gasteiger partial charge in [-0.15, -0.1) is 0 Å². The number of benzene rings is 1. The molecule has 3 nitrogen and oxygen atoms in total. The van der Waals surface area contributed by atoms with Gasteiger partial charge in [0.1, 0.15) is 0 Å². The van der Waals surface area contributed by atoms with E-state index in [1.165, 1.54) is 0 Å². The Balaban J connectivity index is 1.91. The Hall–Kier alpha value is -1.06. The summed E-state index contributed by atoms with van der Waals surface area (Å²) in [6, 6.07) is 6.30. The van der Waals surface area contributed by atoms with Crippen LogP contribution in [-0.2, 0) is 10.2 Å². The number of nitrogens with zero attached hydrogens (tertiary/aromatic N) is 1. The highest BCUT2D eigenvalue weighted by molar-refractivity contribution is 6.32. The zero-order valence-corrected chi connectivity index (χ0v) is 13.7. The number of piperidine rings is 1. The molecule has 1 N–H and O–H groups in total. The minimum Gasteiger partial charge on any atom is -0.314 e. The molecule has 2 atom stereocenters. The predicted octanol–water partition coefficient (Wildman–Crippen LogP) is 3.35. The Labute approximate surface area is 131 Å². The molecule has 21 heavy (non-hydrogen) atoms. The lowest BCUT2D eigenvalue weighted by Crippen LogP contribution is -2.44. The summed E-state index contributed by atoms with van der Waals surface area (Å²) in [5.74, 6) is 0.388. The highest BCUT2D eigenvalue weighted by Crippen LogP contribution is 2.45. The van der Waals surface area contributed by atoms with Gasteiger partial charge >= 0.3 is 0 Å². The lowest BCUT2D eigenvalue weighted by atomic mass is 9.87. The van der Waals surface area contributed by atoms with Gasteiger partial charge < -0.3 is 10.2 Å². The third kappa shape index (κ3) is 2.58. The quantitative estimate of drug-likeness (QED) is 0.863. The first-order valence-electron chi connectivity index (χ1n) is 7.74. The molecule has 0 spiro atoms. The second-order valence-corrected chi connectivity index (χ2v) is 7.43. The molecule has 1 fully saturated rings. The molecule has 1 amide bonds. The first-order valence-corrected chi connectivity index (χ1v) is 8.12. The van der Waals surface area contributed by atoms with Crippen molar-refractivity contribution < 1.29 is 4.79 Å². The van der Waals surface area contributed by atoms with E-state index < -0.39 is 0 Å². The maximum absolute atomic E-state index is 13.0. The first kappa shape index (κ1) is 14.9. The van der Waals surface area contributed by atoms with Crippen molar-refractivity contribution in [3.8, 4) is 0 Å². The van der Waals surface area contributed by atoms with Gasteiger partial charge in [0, 0.05) is 40.2 Å². The zero-order chi connectivity index (χ0) is 15.2. The molecule has 2 aliphatic rings. The van der Waals surface area contributed by atoms with Gasteiger partial charge in [-0.3, -0.25) is 4.79 Å². The van der Waals surface area contributed by atoms with Crippen molar-refractivity contribution in [2.24, 2.45) is 5.92 Å². The molecule has 4 heteroatoms.